The number of halogens is 4. The SMILES string of the molecule is CC[Si](CC)(CC)c1cc(Br)nc([C@@]2(C)N=C(NC(=O)O)C(C)(C)S3(O)NCC(F)(F)C[C@@H]23)c1F. The Morgan fingerprint density at radius 1 is 1.29 bits per heavy atom. The van der Waals surface area contributed by atoms with Gasteiger partial charge in [0.1, 0.15) is 27.5 Å². The lowest BCUT2D eigenvalue weighted by Crippen LogP contribution is -2.66. The minimum Gasteiger partial charge on any atom is -0.465 e. The van der Waals surface area contributed by atoms with E-state index in [1.807, 2.05) is 20.8 Å². The molecule has 198 valence electrons. The number of fused-ring (bicyclic) bond motifs is 1. The predicted octanol–water partition coefficient (Wildman–Crippen LogP) is 5.56. The van der Waals surface area contributed by atoms with Gasteiger partial charge in [0, 0.05) is 6.42 Å². The number of rotatable bonds is 5. The third-order valence-electron chi connectivity index (χ3n) is 8.00. The van der Waals surface area contributed by atoms with E-state index in [2.05, 4.69) is 35.9 Å². The standard InChI is InChI=1S/C22H34BrF3N4O3SSi/c1-7-35(8-2,9-3)13-10-15(23)28-17(16(13)24)21(6)14-11-22(25,26)12-27-34(14,33)20(4,5)18(30-21)29-19(31)32/h10,14,27,33H,7-9,11-12H2,1-6H3,(H,29,30)(H,31,32)/t14-,21-/m0/s1. The second kappa shape index (κ2) is 9.30. The Morgan fingerprint density at radius 3 is 2.37 bits per heavy atom. The minimum atomic E-state index is -3.17. The zero-order valence-electron chi connectivity index (χ0n) is 20.8. The van der Waals surface area contributed by atoms with Gasteiger partial charge in [-0.05, 0) is 48.0 Å². The third-order valence-corrected chi connectivity index (χ3v) is 17.8. The lowest BCUT2D eigenvalue weighted by atomic mass is 9.88. The first-order chi connectivity index (χ1) is 16.0. The second-order valence-electron chi connectivity index (χ2n) is 10.0. The number of amides is 1. The molecule has 0 radical (unpaired) electrons. The van der Waals surface area contributed by atoms with Gasteiger partial charge < -0.3 is 9.66 Å². The van der Waals surface area contributed by atoms with Crippen molar-refractivity contribution in [3.63, 3.8) is 0 Å². The number of pyridine rings is 1. The van der Waals surface area contributed by atoms with E-state index in [-0.39, 0.29) is 11.5 Å². The molecule has 1 aromatic heterocycles. The molecule has 0 aliphatic carbocycles. The monoisotopic (exact) mass is 598 g/mol. The smallest absolute Gasteiger partial charge is 0.410 e. The van der Waals surface area contributed by atoms with E-state index in [1.54, 1.807) is 19.9 Å². The normalized spacial score (nSPS) is 31.6. The first-order valence-electron chi connectivity index (χ1n) is 11.7. The van der Waals surface area contributed by atoms with Crippen molar-refractivity contribution in [2.24, 2.45) is 4.99 Å². The number of hydrogen-bond donors (Lipinski definition) is 4. The van der Waals surface area contributed by atoms with Crippen LogP contribution in [0.25, 0.3) is 0 Å². The highest BCUT2D eigenvalue weighted by Gasteiger charge is 2.65. The van der Waals surface area contributed by atoms with Crippen molar-refractivity contribution in [3.8, 4) is 0 Å². The first kappa shape index (κ1) is 28.4. The summed E-state index contributed by atoms with van der Waals surface area (Å²) in [7, 11) is -5.46. The van der Waals surface area contributed by atoms with Gasteiger partial charge in [-0.2, -0.15) is 0 Å². The maximum Gasteiger partial charge on any atom is 0.410 e. The quantitative estimate of drug-likeness (QED) is 0.262. The van der Waals surface area contributed by atoms with Crippen LogP contribution in [0.15, 0.2) is 15.7 Å². The van der Waals surface area contributed by atoms with Crippen LogP contribution >= 0.6 is 26.4 Å². The van der Waals surface area contributed by atoms with Gasteiger partial charge in [-0.15, -0.1) is 0 Å². The molecule has 2 aliphatic rings. The summed E-state index contributed by atoms with van der Waals surface area (Å²) in [5, 5.41) is 11.0. The average molecular weight is 600 g/mol. The molecule has 1 fully saturated rings. The molecule has 1 amide bonds. The molecular formula is C22H34BrF3N4O3SSi. The van der Waals surface area contributed by atoms with Crippen molar-refractivity contribution < 1.29 is 27.6 Å². The number of hydrogen-bond acceptors (Lipinski definition) is 5. The van der Waals surface area contributed by atoms with Crippen molar-refractivity contribution in [3.05, 3.63) is 22.2 Å². The fourth-order valence-corrected chi connectivity index (χ4v) is 13.2. The summed E-state index contributed by atoms with van der Waals surface area (Å²) in [5.41, 5.74) is -1.92. The van der Waals surface area contributed by atoms with Crippen LogP contribution in [-0.2, 0) is 5.54 Å². The number of amidine groups is 1. The molecule has 2 aliphatic heterocycles. The van der Waals surface area contributed by atoms with Crippen LogP contribution in [0.3, 0.4) is 0 Å². The Kier molecular flexibility index (Phi) is 7.55. The molecule has 3 atom stereocenters. The molecule has 4 N–H and O–H groups in total. The number of carboxylic acid groups (broad SMARTS) is 1. The van der Waals surface area contributed by atoms with E-state index in [0.717, 1.165) is 18.1 Å². The van der Waals surface area contributed by atoms with E-state index < -0.39 is 64.9 Å². The Hall–Kier alpha value is -1.15. The van der Waals surface area contributed by atoms with Gasteiger partial charge in [0.15, 0.2) is 0 Å². The summed E-state index contributed by atoms with van der Waals surface area (Å²) in [6.07, 6.45) is -2.16. The molecule has 3 rings (SSSR count). The number of aliphatic imine (C=N–C) groups is 1. The topological polar surface area (TPSA) is 107 Å². The molecule has 3 heterocycles. The summed E-state index contributed by atoms with van der Waals surface area (Å²) < 4.78 is 59.5. The van der Waals surface area contributed by atoms with Crippen molar-refractivity contribution in [1.29, 1.82) is 0 Å². The maximum absolute atomic E-state index is 16.5. The molecular weight excluding hydrogens is 565 g/mol. The molecule has 0 spiro atoms. The number of nitrogens with one attached hydrogen (secondary N) is 2. The van der Waals surface area contributed by atoms with E-state index >= 15 is 4.39 Å². The Balaban J connectivity index is 2.39. The Morgan fingerprint density at radius 2 is 1.86 bits per heavy atom. The van der Waals surface area contributed by atoms with Crippen molar-refractivity contribution in [2.45, 2.75) is 87.6 Å². The van der Waals surface area contributed by atoms with Gasteiger partial charge >= 0.3 is 6.09 Å². The van der Waals surface area contributed by atoms with Crippen LogP contribution in [0.1, 0.15) is 53.7 Å². The van der Waals surface area contributed by atoms with E-state index in [4.69, 9.17) is 0 Å². The molecule has 1 unspecified atom stereocenters. The predicted molar refractivity (Wildman–Crippen MR) is 140 cm³/mol. The highest BCUT2D eigenvalue weighted by molar-refractivity contribution is 9.10. The first-order valence-corrected chi connectivity index (χ1v) is 16.7. The molecule has 0 aromatic carbocycles. The summed E-state index contributed by atoms with van der Waals surface area (Å²) in [6, 6.07) is 4.02. The molecule has 0 bridgehead atoms. The van der Waals surface area contributed by atoms with Gasteiger partial charge in [0.25, 0.3) is 5.92 Å². The number of aromatic nitrogens is 1. The van der Waals surface area contributed by atoms with Gasteiger partial charge in [-0.25, -0.2) is 22.9 Å². The second-order valence-corrected chi connectivity index (χ2v) is 19.2. The molecule has 0 saturated carbocycles. The maximum atomic E-state index is 16.5. The highest BCUT2D eigenvalue weighted by Crippen LogP contribution is 2.68. The van der Waals surface area contributed by atoms with Gasteiger partial charge in [-0.3, -0.25) is 15.0 Å². The molecule has 13 heteroatoms. The summed E-state index contributed by atoms with van der Waals surface area (Å²) >= 11 is 3.39. The number of carbonyl (C=O) groups is 1. The number of alkyl halides is 2. The Labute approximate surface area is 215 Å². The van der Waals surface area contributed by atoms with Crippen molar-refractivity contribution in [2.75, 3.05) is 6.54 Å². The van der Waals surface area contributed by atoms with Crippen LogP contribution in [-0.4, -0.2) is 57.1 Å². The zero-order chi connectivity index (χ0) is 26.6. The van der Waals surface area contributed by atoms with Gasteiger partial charge in [0.05, 0.1) is 24.6 Å². The lowest BCUT2D eigenvalue weighted by molar-refractivity contribution is -0.0148. The average Bonchev–Trinajstić information content (AvgIpc) is 2.77. The molecule has 1 saturated heterocycles. The zero-order valence-corrected chi connectivity index (χ0v) is 24.2. The highest BCUT2D eigenvalue weighted by atomic mass is 79.9. The van der Waals surface area contributed by atoms with Crippen LogP contribution in [0.4, 0.5) is 18.0 Å². The van der Waals surface area contributed by atoms with Crippen LogP contribution in [0.5, 0.6) is 0 Å². The van der Waals surface area contributed by atoms with Crippen molar-refractivity contribution >= 4 is 51.6 Å². The molecule has 7 nitrogen and oxygen atoms in total. The summed E-state index contributed by atoms with van der Waals surface area (Å²) in [5.74, 6) is -3.90. The third kappa shape index (κ3) is 4.45. The molecule has 35 heavy (non-hydrogen) atoms. The molecule has 1 aromatic rings. The minimum absolute atomic E-state index is 0.119. The van der Waals surface area contributed by atoms with Crippen molar-refractivity contribution in [1.82, 2.24) is 15.0 Å². The van der Waals surface area contributed by atoms with Crippen LogP contribution in [0, 0.1) is 5.82 Å². The fraction of sp³-hybridized carbons (Fsp3) is 0.682. The summed E-state index contributed by atoms with van der Waals surface area (Å²) in [4.78, 5) is 20.6. The summed E-state index contributed by atoms with van der Waals surface area (Å²) in [6.45, 7) is 9.88. The number of nitrogens with zero attached hydrogens (tertiary/aromatic N) is 2. The fourth-order valence-electron chi connectivity index (χ4n) is 5.46. The largest absolute Gasteiger partial charge is 0.465 e. The van der Waals surface area contributed by atoms with E-state index in [9.17, 15) is 23.2 Å². The lowest BCUT2D eigenvalue weighted by Gasteiger charge is -2.62. The van der Waals surface area contributed by atoms with E-state index in [1.165, 1.54) is 6.92 Å². The van der Waals surface area contributed by atoms with Gasteiger partial charge in [-0.1, -0.05) is 49.4 Å². The van der Waals surface area contributed by atoms with Crippen LogP contribution < -0.4 is 15.2 Å². The Bertz CT molecular complexity index is 1050. The van der Waals surface area contributed by atoms with Crippen LogP contribution in [0.2, 0.25) is 18.1 Å². The van der Waals surface area contributed by atoms with E-state index in [0.29, 0.717) is 9.79 Å². The van der Waals surface area contributed by atoms with Gasteiger partial charge in [0.2, 0.25) is 0 Å².